The molecule has 0 saturated carbocycles. The fraction of sp³-hybridized carbons (Fsp3) is 0.450. The monoisotopic (exact) mass is 353 g/mol. The lowest BCUT2D eigenvalue weighted by Gasteiger charge is -2.33. The number of likely N-dealkylation sites (N-methyl/N-ethyl adjacent to an activating group) is 1. The number of hydrogen-bond donors (Lipinski definition) is 2. The largest absolute Gasteiger partial charge is 0.341 e. The first kappa shape index (κ1) is 18.3. The van der Waals surface area contributed by atoms with Crippen molar-refractivity contribution in [1.82, 2.24) is 20.2 Å². The summed E-state index contributed by atoms with van der Waals surface area (Å²) in [7, 11) is 1.82. The van der Waals surface area contributed by atoms with Crippen molar-refractivity contribution in [2.45, 2.75) is 25.7 Å². The van der Waals surface area contributed by atoms with Crippen LogP contribution in [0.4, 0.5) is 11.6 Å². The molecule has 1 aliphatic rings. The van der Waals surface area contributed by atoms with E-state index in [0.29, 0.717) is 12.5 Å². The lowest BCUT2D eigenvalue weighted by atomic mass is 9.91. The molecule has 26 heavy (non-hydrogen) atoms. The van der Waals surface area contributed by atoms with Crippen LogP contribution in [0.25, 0.3) is 0 Å². The van der Waals surface area contributed by atoms with Gasteiger partial charge < -0.3 is 15.5 Å². The summed E-state index contributed by atoms with van der Waals surface area (Å²) in [5.41, 5.74) is 1.26. The Kier molecular flexibility index (Phi) is 6.55. The smallest absolute Gasteiger partial charge is 0.236 e. The molecule has 2 aromatic heterocycles. The maximum Gasteiger partial charge on any atom is 0.236 e. The van der Waals surface area contributed by atoms with Crippen LogP contribution in [0.5, 0.6) is 0 Å². The SMILES string of the molecule is CNCC(=O)N1CCC[C@@H](CCc2ccnc(Nc3ccccn3)c2)C1. The molecule has 1 atom stereocenters. The Morgan fingerprint density at radius 3 is 2.92 bits per heavy atom. The first-order chi connectivity index (χ1) is 12.7. The maximum absolute atomic E-state index is 12.1. The first-order valence-electron chi connectivity index (χ1n) is 9.30. The average molecular weight is 353 g/mol. The summed E-state index contributed by atoms with van der Waals surface area (Å²) in [5, 5.41) is 6.19. The molecule has 0 spiro atoms. The molecule has 1 saturated heterocycles. The number of rotatable bonds is 7. The molecule has 2 aromatic rings. The van der Waals surface area contributed by atoms with Gasteiger partial charge in [0.05, 0.1) is 6.54 Å². The second-order valence-corrected chi connectivity index (χ2v) is 6.81. The molecule has 1 amide bonds. The highest BCUT2D eigenvalue weighted by molar-refractivity contribution is 5.78. The standard InChI is InChI=1S/C20H27N5O/c1-21-14-20(26)25-12-4-5-17(15-25)8-7-16-9-11-23-19(13-16)24-18-6-2-3-10-22-18/h2-3,6,9-11,13,17,21H,4-5,7-8,12,14-15H2,1H3,(H,22,23,24)/t17-/m0/s1. The predicted molar refractivity (Wildman–Crippen MR) is 103 cm³/mol. The zero-order valence-corrected chi connectivity index (χ0v) is 15.3. The van der Waals surface area contributed by atoms with E-state index in [1.54, 1.807) is 6.20 Å². The van der Waals surface area contributed by atoms with Crippen LogP contribution in [0.15, 0.2) is 42.7 Å². The van der Waals surface area contributed by atoms with Crippen LogP contribution in [0.3, 0.4) is 0 Å². The van der Waals surface area contributed by atoms with Gasteiger partial charge in [-0.2, -0.15) is 0 Å². The lowest BCUT2D eigenvalue weighted by molar-refractivity contribution is -0.131. The molecule has 2 N–H and O–H groups in total. The van der Waals surface area contributed by atoms with Crippen molar-refractivity contribution in [3.05, 3.63) is 48.3 Å². The molecule has 3 rings (SSSR count). The third-order valence-corrected chi connectivity index (χ3v) is 4.79. The van der Waals surface area contributed by atoms with E-state index in [1.165, 1.54) is 12.0 Å². The Morgan fingerprint density at radius 2 is 2.12 bits per heavy atom. The van der Waals surface area contributed by atoms with Gasteiger partial charge in [-0.3, -0.25) is 4.79 Å². The Balaban J connectivity index is 1.53. The van der Waals surface area contributed by atoms with Crippen LogP contribution < -0.4 is 10.6 Å². The number of hydrogen-bond acceptors (Lipinski definition) is 5. The van der Waals surface area contributed by atoms with E-state index in [0.717, 1.165) is 44.0 Å². The molecule has 0 bridgehead atoms. The Bertz CT molecular complexity index is 706. The molecule has 1 aliphatic heterocycles. The number of pyridine rings is 2. The number of carbonyl (C=O) groups is 1. The molecule has 0 radical (unpaired) electrons. The average Bonchev–Trinajstić information content (AvgIpc) is 2.68. The van der Waals surface area contributed by atoms with E-state index in [4.69, 9.17) is 0 Å². The van der Waals surface area contributed by atoms with Crippen molar-refractivity contribution in [3.63, 3.8) is 0 Å². The number of aromatic nitrogens is 2. The zero-order valence-electron chi connectivity index (χ0n) is 15.3. The Hall–Kier alpha value is -2.47. The van der Waals surface area contributed by atoms with Gasteiger partial charge in [0.25, 0.3) is 0 Å². The van der Waals surface area contributed by atoms with E-state index in [1.807, 2.05) is 36.3 Å². The van der Waals surface area contributed by atoms with E-state index in [-0.39, 0.29) is 5.91 Å². The highest BCUT2D eigenvalue weighted by Crippen LogP contribution is 2.22. The van der Waals surface area contributed by atoms with Gasteiger partial charge in [0.15, 0.2) is 0 Å². The summed E-state index contributed by atoms with van der Waals surface area (Å²) >= 11 is 0. The number of carbonyl (C=O) groups excluding carboxylic acids is 1. The van der Waals surface area contributed by atoms with Crippen molar-refractivity contribution in [1.29, 1.82) is 0 Å². The number of aryl methyl sites for hydroxylation is 1. The summed E-state index contributed by atoms with van der Waals surface area (Å²) in [6.07, 6.45) is 7.99. The van der Waals surface area contributed by atoms with Gasteiger partial charge in [0, 0.05) is 25.5 Å². The van der Waals surface area contributed by atoms with Crippen LogP contribution in [-0.4, -0.2) is 47.5 Å². The molecular weight excluding hydrogens is 326 g/mol. The van der Waals surface area contributed by atoms with Crippen LogP contribution in [0, 0.1) is 5.92 Å². The highest BCUT2D eigenvalue weighted by atomic mass is 16.2. The van der Waals surface area contributed by atoms with Crippen LogP contribution in [0.2, 0.25) is 0 Å². The minimum absolute atomic E-state index is 0.211. The summed E-state index contributed by atoms with van der Waals surface area (Å²) in [5.74, 6) is 2.40. The second-order valence-electron chi connectivity index (χ2n) is 6.81. The van der Waals surface area contributed by atoms with Crippen molar-refractivity contribution in [2.75, 3.05) is 32.0 Å². The van der Waals surface area contributed by atoms with E-state index < -0.39 is 0 Å². The van der Waals surface area contributed by atoms with Crippen molar-refractivity contribution in [2.24, 2.45) is 5.92 Å². The first-order valence-corrected chi connectivity index (χ1v) is 9.30. The van der Waals surface area contributed by atoms with E-state index in [9.17, 15) is 4.79 Å². The number of piperidine rings is 1. The van der Waals surface area contributed by atoms with Gasteiger partial charge in [-0.15, -0.1) is 0 Å². The van der Waals surface area contributed by atoms with Gasteiger partial charge in [-0.1, -0.05) is 6.07 Å². The summed E-state index contributed by atoms with van der Waals surface area (Å²) in [6, 6.07) is 9.91. The van der Waals surface area contributed by atoms with Crippen LogP contribution in [0.1, 0.15) is 24.8 Å². The second kappa shape index (κ2) is 9.29. The van der Waals surface area contributed by atoms with Crippen LogP contribution in [-0.2, 0) is 11.2 Å². The summed E-state index contributed by atoms with van der Waals surface area (Å²) in [6.45, 7) is 2.20. The van der Waals surface area contributed by atoms with E-state index >= 15 is 0 Å². The molecule has 1 fully saturated rings. The van der Waals surface area contributed by atoms with Gasteiger partial charge in [-0.05, 0) is 68.5 Å². The Labute approximate surface area is 155 Å². The van der Waals surface area contributed by atoms with Crippen molar-refractivity contribution < 1.29 is 4.79 Å². The third-order valence-electron chi connectivity index (χ3n) is 4.79. The third kappa shape index (κ3) is 5.26. The topological polar surface area (TPSA) is 70.2 Å². The zero-order chi connectivity index (χ0) is 18.2. The van der Waals surface area contributed by atoms with Gasteiger partial charge >= 0.3 is 0 Å². The molecule has 138 valence electrons. The fourth-order valence-electron chi connectivity index (χ4n) is 3.43. The van der Waals surface area contributed by atoms with Crippen molar-refractivity contribution >= 4 is 17.5 Å². The normalized spacial score (nSPS) is 17.1. The van der Waals surface area contributed by atoms with E-state index in [2.05, 4.69) is 32.7 Å². The molecule has 6 heteroatoms. The number of nitrogens with one attached hydrogen (secondary N) is 2. The molecule has 0 unspecified atom stereocenters. The summed E-state index contributed by atoms with van der Waals surface area (Å²) in [4.78, 5) is 22.7. The van der Waals surface area contributed by atoms with Crippen LogP contribution >= 0.6 is 0 Å². The number of anilines is 2. The minimum atomic E-state index is 0.211. The van der Waals surface area contributed by atoms with Gasteiger partial charge in [0.1, 0.15) is 11.6 Å². The minimum Gasteiger partial charge on any atom is -0.341 e. The van der Waals surface area contributed by atoms with Gasteiger partial charge in [-0.25, -0.2) is 9.97 Å². The molecular formula is C20H27N5O. The number of likely N-dealkylation sites (tertiary alicyclic amines) is 1. The molecule has 3 heterocycles. The van der Waals surface area contributed by atoms with Crippen molar-refractivity contribution in [3.8, 4) is 0 Å². The predicted octanol–water partition coefficient (Wildman–Crippen LogP) is 2.61. The van der Waals surface area contributed by atoms with Gasteiger partial charge in [0.2, 0.25) is 5.91 Å². The molecule has 0 aromatic carbocycles. The number of nitrogens with zero attached hydrogens (tertiary/aromatic N) is 3. The fourth-order valence-corrected chi connectivity index (χ4v) is 3.43. The quantitative estimate of drug-likeness (QED) is 0.801. The molecule has 6 nitrogen and oxygen atoms in total. The summed E-state index contributed by atoms with van der Waals surface area (Å²) < 4.78 is 0. The molecule has 0 aliphatic carbocycles. The highest BCUT2D eigenvalue weighted by Gasteiger charge is 2.22. The number of amides is 1. The Morgan fingerprint density at radius 1 is 1.23 bits per heavy atom. The maximum atomic E-state index is 12.1. The lowest BCUT2D eigenvalue weighted by Crippen LogP contribution is -2.43.